The maximum atomic E-state index is 15.3. The Bertz CT molecular complexity index is 1780. The fourth-order valence-corrected chi connectivity index (χ4v) is 13.6. The third-order valence-corrected chi connectivity index (χ3v) is 19.2. The molecule has 0 aromatic rings. The maximum absolute atomic E-state index is 15.3. The Kier molecular flexibility index (Phi) is 11.2. The quantitative estimate of drug-likeness (QED) is 0.210. The Morgan fingerprint density at radius 2 is 1.43 bits per heavy atom. The number of fused-ring (bicyclic) bond motifs is 1. The van der Waals surface area contributed by atoms with Crippen LogP contribution in [0.3, 0.4) is 0 Å². The largest absolute Gasteiger partial charge is 0.343 e. The number of hydrogen-bond donors (Lipinski definition) is 4. The van der Waals surface area contributed by atoms with Crippen LogP contribution >= 0.6 is 0 Å². The van der Waals surface area contributed by atoms with Gasteiger partial charge in [0.1, 0.15) is 23.7 Å². The van der Waals surface area contributed by atoms with Crippen molar-refractivity contribution < 1.29 is 32.4 Å². The van der Waals surface area contributed by atoms with E-state index in [4.69, 9.17) is 0 Å². The van der Waals surface area contributed by atoms with Crippen molar-refractivity contribution in [2.75, 3.05) is 19.6 Å². The number of likely N-dealkylation sites (N-methyl/N-ethyl adjacent to an activating group) is 1. The summed E-state index contributed by atoms with van der Waals surface area (Å²) in [5.41, 5.74) is -2.55. The smallest absolute Gasteiger partial charge is 0.259 e. The second-order valence-corrected chi connectivity index (χ2v) is 23.5. The molecule has 326 valence electrons. The van der Waals surface area contributed by atoms with Gasteiger partial charge in [-0.3, -0.25) is 33.6 Å². The third-order valence-electron chi connectivity index (χ3n) is 17.0. The molecule has 2 spiro atoms. The number of nitrogens with zero attached hydrogens (tertiary/aromatic N) is 2. The molecule has 2 saturated heterocycles. The zero-order valence-electron chi connectivity index (χ0n) is 36.6. The van der Waals surface area contributed by atoms with Gasteiger partial charge in [-0.25, -0.2) is 8.42 Å². The fraction of sp³-hybridized carbons (Fsp3) is 0.886. The lowest BCUT2D eigenvalue weighted by Crippen LogP contribution is -2.63. The summed E-state index contributed by atoms with van der Waals surface area (Å²) in [6.07, 6.45) is 12.8. The Morgan fingerprint density at radius 1 is 0.776 bits per heavy atom. The molecule has 7 atom stereocenters. The van der Waals surface area contributed by atoms with Gasteiger partial charge in [-0.2, -0.15) is 0 Å². The van der Waals surface area contributed by atoms with E-state index in [1.165, 1.54) is 0 Å². The highest BCUT2D eigenvalue weighted by molar-refractivity contribution is 7.91. The first kappa shape index (κ1) is 43.4. The highest BCUT2D eigenvalue weighted by Gasteiger charge is 2.85. The molecule has 5 amide bonds. The average molecular weight is 829 g/mol. The molecule has 7 aliphatic rings. The van der Waals surface area contributed by atoms with Crippen molar-refractivity contribution in [3.63, 3.8) is 0 Å². The van der Waals surface area contributed by atoms with E-state index in [0.29, 0.717) is 38.6 Å². The molecule has 5 saturated carbocycles. The van der Waals surface area contributed by atoms with E-state index in [0.717, 1.165) is 83.7 Å². The first-order valence-electron chi connectivity index (χ1n) is 22.7. The molecular formula is C44H72N6O7S. The summed E-state index contributed by atoms with van der Waals surface area (Å²) in [4.78, 5) is 76.3. The summed E-state index contributed by atoms with van der Waals surface area (Å²) in [5, 5.41) is 9.39. The van der Waals surface area contributed by atoms with E-state index in [1.807, 2.05) is 27.7 Å². The van der Waals surface area contributed by atoms with Crippen LogP contribution in [0.25, 0.3) is 0 Å². The second-order valence-electron chi connectivity index (χ2n) is 21.3. The molecule has 5 aliphatic carbocycles. The van der Waals surface area contributed by atoms with Crippen molar-refractivity contribution in [1.29, 1.82) is 0 Å². The molecule has 13 nitrogen and oxygen atoms in total. The molecule has 7 rings (SSSR count). The average Bonchev–Trinajstić information content (AvgIpc) is 4.09. The summed E-state index contributed by atoms with van der Waals surface area (Å²) < 4.78 is 27.7. The first-order chi connectivity index (χ1) is 27.1. The van der Waals surface area contributed by atoms with E-state index < -0.39 is 55.7 Å². The maximum Gasteiger partial charge on any atom is 0.259 e. The number of piperidine rings is 1. The van der Waals surface area contributed by atoms with Gasteiger partial charge in [0, 0.05) is 12.0 Å². The summed E-state index contributed by atoms with van der Waals surface area (Å²) >= 11 is 0. The van der Waals surface area contributed by atoms with Gasteiger partial charge in [0.05, 0.1) is 10.8 Å². The molecule has 2 heterocycles. The van der Waals surface area contributed by atoms with Gasteiger partial charge >= 0.3 is 0 Å². The predicted octanol–water partition coefficient (Wildman–Crippen LogP) is 4.54. The van der Waals surface area contributed by atoms with Crippen LogP contribution in [0.5, 0.6) is 0 Å². The number of likely N-dealkylation sites (tertiary alicyclic amines) is 2. The van der Waals surface area contributed by atoms with Crippen molar-refractivity contribution >= 4 is 39.6 Å². The predicted molar refractivity (Wildman–Crippen MR) is 221 cm³/mol. The van der Waals surface area contributed by atoms with Crippen LogP contribution in [0.2, 0.25) is 0 Å². The Morgan fingerprint density at radius 3 is 1.97 bits per heavy atom. The topological polar surface area (TPSA) is 174 Å². The molecule has 58 heavy (non-hydrogen) atoms. The standard InChI is InChI=1S/C44H72N6O7S/c1-9-29-25-44(29,38(55)48-58(56,57)41(8)22-23-41)47-35(52)31-26-43(40(6,7)42(43)20-16-21-42)27-50(31)37(54)33(39(3,4)5)46-36(53)32(28-17-12-11-13-18-28)45-34(51)30-19-14-15-24-49(30)10-2/h28-33H,9-27H2,1-8H3,(H,45,51)(H,46,53)(H,47,52)(H,48,55)/t29-,30+,31?,32+,33-,43-,44-/m1/s1. The van der Waals surface area contributed by atoms with Crippen LogP contribution in [-0.2, 0) is 34.0 Å². The summed E-state index contributed by atoms with van der Waals surface area (Å²) in [5.74, 6) is -2.30. The van der Waals surface area contributed by atoms with E-state index in [9.17, 15) is 27.6 Å². The number of amides is 5. The molecule has 2 aliphatic heterocycles. The lowest BCUT2D eigenvalue weighted by atomic mass is 9.73. The normalized spacial score (nSPS) is 33.4. The molecule has 4 N–H and O–H groups in total. The SMILES string of the molecule is CC[C@@H]1C[C@]1(NC(=O)C1C[C@@]2(CN1C(=O)[C@@H](NC(=O)[C@@H](NC(=O)[C@@H]1CCCCN1CC)C1CCCCC1)C(C)(C)C)C(C)(C)C21CCC1)C(=O)NS(=O)(=O)C1(C)CC1. The van der Waals surface area contributed by atoms with Crippen LogP contribution in [-0.4, -0.2) is 102 Å². The third kappa shape index (κ3) is 6.99. The molecule has 0 radical (unpaired) electrons. The fourth-order valence-electron chi connectivity index (χ4n) is 12.3. The highest BCUT2D eigenvalue weighted by Crippen LogP contribution is 2.88. The van der Waals surface area contributed by atoms with E-state index in [2.05, 4.69) is 46.3 Å². The monoisotopic (exact) mass is 829 g/mol. The number of rotatable bonds is 13. The van der Waals surface area contributed by atoms with Crippen molar-refractivity contribution in [3.05, 3.63) is 0 Å². The molecular weight excluding hydrogens is 757 g/mol. The van der Waals surface area contributed by atoms with Gasteiger partial charge in [0.15, 0.2) is 0 Å². The number of nitrogens with one attached hydrogen (secondary N) is 4. The van der Waals surface area contributed by atoms with Crippen LogP contribution in [0.4, 0.5) is 0 Å². The number of sulfonamides is 1. The van der Waals surface area contributed by atoms with Gasteiger partial charge in [0.2, 0.25) is 33.7 Å². The first-order valence-corrected chi connectivity index (χ1v) is 24.2. The van der Waals surface area contributed by atoms with Gasteiger partial charge < -0.3 is 20.9 Å². The minimum atomic E-state index is -3.93. The molecule has 0 aromatic heterocycles. The lowest BCUT2D eigenvalue weighted by molar-refractivity contribution is -0.145. The second kappa shape index (κ2) is 15.0. The van der Waals surface area contributed by atoms with Gasteiger partial charge in [-0.1, -0.05) is 87.0 Å². The Hall–Kier alpha value is -2.74. The van der Waals surface area contributed by atoms with Gasteiger partial charge in [-0.15, -0.1) is 0 Å². The summed E-state index contributed by atoms with van der Waals surface area (Å²) in [7, 11) is -3.93. The lowest BCUT2D eigenvalue weighted by Gasteiger charge is -2.39. The Balaban J connectivity index is 1.15. The van der Waals surface area contributed by atoms with Gasteiger partial charge in [0.25, 0.3) is 5.91 Å². The van der Waals surface area contributed by atoms with Crippen LogP contribution in [0, 0.1) is 33.5 Å². The van der Waals surface area contributed by atoms with Crippen molar-refractivity contribution in [2.24, 2.45) is 33.5 Å². The summed E-state index contributed by atoms with van der Waals surface area (Å²) in [6, 6.07) is -2.99. The summed E-state index contributed by atoms with van der Waals surface area (Å²) in [6.45, 7) is 17.8. The molecule has 0 bridgehead atoms. The minimum Gasteiger partial charge on any atom is -0.343 e. The minimum absolute atomic E-state index is 0.00424. The zero-order valence-corrected chi connectivity index (χ0v) is 37.4. The number of hydrogen-bond acceptors (Lipinski definition) is 8. The van der Waals surface area contributed by atoms with E-state index in [-0.39, 0.29) is 51.8 Å². The van der Waals surface area contributed by atoms with Crippen molar-refractivity contribution in [2.45, 2.75) is 193 Å². The highest BCUT2D eigenvalue weighted by atomic mass is 32.2. The van der Waals surface area contributed by atoms with E-state index in [1.54, 1.807) is 11.8 Å². The van der Waals surface area contributed by atoms with Crippen LogP contribution in [0.1, 0.15) is 158 Å². The van der Waals surface area contributed by atoms with Crippen LogP contribution < -0.4 is 20.7 Å². The van der Waals surface area contributed by atoms with Gasteiger partial charge in [-0.05, 0) is 112 Å². The van der Waals surface area contributed by atoms with E-state index >= 15 is 4.79 Å². The van der Waals surface area contributed by atoms with Crippen LogP contribution in [0.15, 0.2) is 0 Å². The molecule has 7 fully saturated rings. The zero-order chi connectivity index (χ0) is 42.3. The molecule has 14 heteroatoms. The Labute approximate surface area is 347 Å². The molecule has 1 unspecified atom stereocenters. The number of carbonyl (C=O) groups is 5. The molecule has 0 aromatic carbocycles. The van der Waals surface area contributed by atoms with Crippen molar-refractivity contribution in [3.8, 4) is 0 Å². The van der Waals surface area contributed by atoms with Crippen molar-refractivity contribution in [1.82, 2.24) is 30.5 Å². The number of carbonyl (C=O) groups excluding carboxylic acids is 5.